The van der Waals surface area contributed by atoms with Gasteiger partial charge in [-0.3, -0.25) is 9.36 Å². The lowest BCUT2D eigenvalue weighted by Gasteiger charge is -2.26. The van der Waals surface area contributed by atoms with Crippen LogP contribution in [0.1, 0.15) is 30.9 Å². The molecule has 1 saturated heterocycles. The van der Waals surface area contributed by atoms with Crippen LogP contribution >= 0.6 is 0 Å². The summed E-state index contributed by atoms with van der Waals surface area (Å²) in [5, 5.41) is 19.6. The number of rotatable bonds is 4. The van der Waals surface area contributed by atoms with Crippen molar-refractivity contribution in [1.82, 2.24) is 29.5 Å². The average molecular weight is 342 g/mol. The average Bonchev–Trinajstić information content (AvgIpc) is 3.29. The molecule has 2 atom stereocenters. The van der Waals surface area contributed by atoms with Crippen molar-refractivity contribution in [3.8, 4) is 0 Å². The normalized spacial score (nSPS) is 19.0. The van der Waals surface area contributed by atoms with Crippen molar-refractivity contribution in [3.63, 3.8) is 0 Å². The summed E-state index contributed by atoms with van der Waals surface area (Å²) in [6, 6.07) is 0.167. The van der Waals surface area contributed by atoms with Crippen molar-refractivity contribution in [2.75, 3.05) is 17.2 Å². The van der Waals surface area contributed by atoms with Gasteiger partial charge in [-0.05, 0) is 19.3 Å². The highest BCUT2D eigenvalue weighted by molar-refractivity contribution is 5.86. The van der Waals surface area contributed by atoms with Crippen LogP contribution in [0.25, 0.3) is 11.0 Å². The van der Waals surface area contributed by atoms with Gasteiger partial charge in [0.05, 0.1) is 23.9 Å². The number of nitrogen functional groups attached to an aromatic ring is 1. The summed E-state index contributed by atoms with van der Waals surface area (Å²) in [5.74, 6) is 1.04. The number of nitrogens with two attached hydrogens (primary N) is 1. The quantitative estimate of drug-likeness (QED) is 0.720. The summed E-state index contributed by atoms with van der Waals surface area (Å²) < 4.78 is 3.40. The van der Waals surface area contributed by atoms with Gasteiger partial charge in [0.1, 0.15) is 5.82 Å². The molecule has 3 N–H and O–H groups in total. The number of aryl methyl sites for hydroxylation is 2. The largest absolute Gasteiger partial charge is 0.388 e. The van der Waals surface area contributed by atoms with E-state index in [9.17, 15) is 5.11 Å². The predicted molar refractivity (Wildman–Crippen MR) is 93.9 cm³/mol. The van der Waals surface area contributed by atoms with E-state index in [2.05, 4.69) is 25.1 Å². The molecular formula is C16H22N8O. The zero-order valence-electron chi connectivity index (χ0n) is 14.4. The molecular weight excluding hydrogens is 320 g/mol. The van der Waals surface area contributed by atoms with E-state index in [1.165, 1.54) is 0 Å². The first-order valence-corrected chi connectivity index (χ1v) is 8.41. The van der Waals surface area contributed by atoms with E-state index in [4.69, 9.17) is 5.73 Å². The molecule has 3 aromatic heterocycles. The standard InChI is InChI=1S/C16H22N8O/c1-22-9-10(7-18-22)13(25)6-11-4-3-5-24(11)16-20-14(17)12-8-19-23(2)15(12)21-16/h7-9,11,13,25H,3-6H2,1-2H3,(H2,17,20,21)/t11-,13-/m0/s1. The van der Waals surface area contributed by atoms with E-state index in [-0.39, 0.29) is 6.04 Å². The number of aromatic nitrogens is 6. The molecule has 9 nitrogen and oxygen atoms in total. The van der Waals surface area contributed by atoms with Crippen LogP contribution in [0.3, 0.4) is 0 Å². The molecule has 3 aromatic rings. The predicted octanol–water partition coefficient (Wildman–Crippen LogP) is 0.771. The van der Waals surface area contributed by atoms with Gasteiger partial charge in [-0.1, -0.05) is 0 Å². The fourth-order valence-electron chi connectivity index (χ4n) is 3.51. The molecule has 0 aliphatic carbocycles. The second-order valence-corrected chi connectivity index (χ2v) is 6.60. The van der Waals surface area contributed by atoms with Crippen molar-refractivity contribution in [2.45, 2.75) is 31.4 Å². The Labute approximate surface area is 145 Å². The minimum absolute atomic E-state index is 0.167. The Bertz CT molecular complexity index is 901. The summed E-state index contributed by atoms with van der Waals surface area (Å²) in [6.45, 7) is 0.854. The summed E-state index contributed by atoms with van der Waals surface area (Å²) in [4.78, 5) is 11.3. The van der Waals surface area contributed by atoms with Gasteiger partial charge in [0, 0.05) is 38.4 Å². The highest BCUT2D eigenvalue weighted by Crippen LogP contribution is 2.31. The Balaban J connectivity index is 1.60. The highest BCUT2D eigenvalue weighted by atomic mass is 16.3. The number of anilines is 2. The molecule has 0 radical (unpaired) electrons. The molecule has 25 heavy (non-hydrogen) atoms. The molecule has 0 aromatic carbocycles. The smallest absolute Gasteiger partial charge is 0.229 e. The van der Waals surface area contributed by atoms with Crippen LogP contribution in [0.5, 0.6) is 0 Å². The van der Waals surface area contributed by atoms with E-state index in [1.807, 2.05) is 20.3 Å². The lowest BCUT2D eigenvalue weighted by atomic mass is 10.0. The van der Waals surface area contributed by atoms with Gasteiger partial charge in [-0.15, -0.1) is 0 Å². The monoisotopic (exact) mass is 342 g/mol. The number of aliphatic hydroxyl groups excluding tert-OH is 1. The summed E-state index contributed by atoms with van der Waals surface area (Å²) in [5.41, 5.74) is 7.64. The Morgan fingerprint density at radius 3 is 2.88 bits per heavy atom. The van der Waals surface area contributed by atoms with Crippen LogP contribution in [-0.2, 0) is 14.1 Å². The van der Waals surface area contributed by atoms with E-state index < -0.39 is 6.10 Å². The first-order chi connectivity index (χ1) is 12.0. The summed E-state index contributed by atoms with van der Waals surface area (Å²) >= 11 is 0. The third-order valence-electron chi connectivity index (χ3n) is 4.85. The molecule has 1 aliphatic heterocycles. The number of nitrogens with zero attached hydrogens (tertiary/aromatic N) is 7. The molecule has 0 saturated carbocycles. The van der Waals surface area contributed by atoms with Gasteiger partial charge in [-0.25, -0.2) is 0 Å². The van der Waals surface area contributed by atoms with Gasteiger partial charge in [-0.2, -0.15) is 20.2 Å². The van der Waals surface area contributed by atoms with Crippen LogP contribution in [0.2, 0.25) is 0 Å². The Morgan fingerprint density at radius 1 is 1.28 bits per heavy atom. The molecule has 1 aliphatic rings. The molecule has 4 rings (SSSR count). The number of hydrogen-bond acceptors (Lipinski definition) is 7. The first-order valence-electron chi connectivity index (χ1n) is 8.41. The molecule has 0 unspecified atom stereocenters. The second kappa shape index (κ2) is 5.99. The SMILES string of the molecule is Cn1cc([C@@H](O)C[C@@H]2CCCN2c2nc(N)c3cnn(C)c3n2)cn1. The Morgan fingerprint density at radius 2 is 2.12 bits per heavy atom. The van der Waals surface area contributed by atoms with Crippen LogP contribution in [0, 0.1) is 0 Å². The molecule has 0 spiro atoms. The number of hydrogen-bond donors (Lipinski definition) is 2. The maximum Gasteiger partial charge on any atom is 0.229 e. The molecule has 0 amide bonds. The van der Waals surface area contributed by atoms with Gasteiger partial charge >= 0.3 is 0 Å². The van der Waals surface area contributed by atoms with Gasteiger partial charge < -0.3 is 15.7 Å². The van der Waals surface area contributed by atoms with E-state index in [1.54, 1.807) is 21.8 Å². The Hall–Kier alpha value is -2.68. The van der Waals surface area contributed by atoms with E-state index in [0.717, 1.165) is 36.0 Å². The fourth-order valence-corrected chi connectivity index (χ4v) is 3.51. The minimum atomic E-state index is -0.558. The van der Waals surface area contributed by atoms with Crippen LogP contribution in [-0.4, -0.2) is 47.2 Å². The maximum atomic E-state index is 10.5. The molecule has 4 heterocycles. The lowest BCUT2D eigenvalue weighted by Crippen LogP contribution is -2.32. The minimum Gasteiger partial charge on any atom is -0.388 e. The van der Waals surface area contributed by atoms with Crippen LogP contribution in [0.4, 0.5) is 11.8 Å². The van der Waals surface area contributed by atoms with Crippen molar-refractivity contribution < 1.29 is 5.11 Å². The third kappa shape index (κ3) is 2.80. The van der Waals surface area contributed by atoms with Crippen molar-refractivity contribution >= 4 is 22.8 Å². The van der Waals surface area contributed by atoms with Gasteiger partial charge in [0.25, 0.3) is 0 Å². The first kappa shape index (κ1) is 15.8. The van der Waals surface area contributed by atoms with E-state index >= 15 is 0 Å². The Kier molecular flexibility index (Phi) is 3.79. The third-order valence-corrected chi connectivity index (χ3v) is 4.85. The number of fused-ring (bicyclic) bond motifs is 1. The zero-order valence-corrected chi connectivity index (χ0v) is 14.4. The molecule has 132 valence electrons. The molecule has 0 bridgehead atoms. The fraction of sp³-hybridized carbons (Fsp3) is 0.500. The highest BCUT2D eigenvalue weighted by Gasteiger charge is 2.30. The van der Waals surface area contributed by atoms with Crippen LogP contribution < -0.4 is 10.6 Å². The lowest BCUT2D eigenvalue weighted by molar-refractivity contribution is 0.158. The number of aliphatic hydroxyl groups is 1. The summed E-state index contributed by atoms with van der Waals surface area (Å²) in [7, 11) is 3.68. The van der Waals surface area contributed by atoms with Crippen LogP contribution in [0.15, 0.2) is 18.6 Å². The second-order valence-electron chi connectivity index (χ2n) is 6.60. The molecule has 1 fully saturated rings. The van der Waals surface area contributed by atoms with Gasteiger partial charge in [0.2, 0.25) is 5.95 Å². The van der Waals surface area contributed by atoms with Crippen molar-refractivity contribution in [2.24, 2.45) is 14.1 Å². The maximum absolute atomic E-state index is 10.5. The van der Waals surface area contributed by atoms with Crippen molar-refractivity contribution in [1.29, 1.82) is 0 Å². The van der Waals surface area contributed by atoms with E-state index in [0.29, 0.717) is 18.2 Å². The van der Waals surface area contributed by atoms with Crippen molar-refractivity contribution in [3.05, 3.63) is 24.2 Å². The zero-order chi connectivity index (χ0) is 17.6. The molecule has 9 heteroatoms. The summed E-state index contributed by atoms with van der Waals surface area (Å²) in [6.07, 6.45) is 7.32. The topological polar surface area (TPSA) is 111 Å². The van der Waals surface area contributed by atoms with Gasteiger partial charge in [0.15, 0.2) is 5.65 Å².